The van der Waals surface area contributed by atoms with Crippen molar-refractivity contribution < 1.29 is 5.11 Å². The molecule has 106 valence electrons. The first-order chi connectivity index (χ1) is 10.2. The van der Waals surface area contributed by atoms with Gasteiger partial charge in [-0.3, -0.25) is 4.98 Å². The van der Waals surface area contributed by atoms with Gasteiger partial charge in [-0.05, 0) is 53.4 Å². The zero-order valence-corrected chi connectivity index (χ0v) is 12.1. The maximum Gasteiger partial charge on any atom is 0.218 e. The van der Waals surface area contributed by atoms with Crippen molar-refractivity contribution in [1.29, 1.82) is 0 Å². The SMILES string of the molecule is CC(O)c1ccc(Sc2nnnn2-c2ccccc2)cn1. The van der Waals surface area contributed by atoms with Crippen LogP contribution in [0.3, 0.4) is 0 Å². The summed E-state index contributed by atoms with van der Waals surface area (Å²) in [5.41, 5.74) is 1.54. The molecule has 21 heavy (non-hydrogen) atoms. The maximum atomic E-state index is 9.46. The highest BCUT2D eigenvalue weighted by molar-refractivity contribution is 7.99. The quantitative estimate of drug-likeness (QED) is 0.796. The van der Waals surface area contributed by atoms with Gasteiger partial charge in [-0.25, -0.2) is 0 Å². The summed E-state index contributed by atoms with van der Waals surface area (Å²) in [6, 6.07) is 13.4. The van der Waals surface area contributed by atoms with Gasteiger partial charge in [-0.2, -0.15) is 4.68 Å². The van der Waals surface area contributed by atoms with E-state index in [4.69, 9.17) is 0 Å². The summed E-state index contributed by atoms with van der Waals surface area (Å²) in [7, 11) is 0. The second-order valence-electron chi connectivity index (χ2n) is 4.41. The molecule has 2 aromatic heterocycles. The van der Waals surface area contributed by atoms with Gasteiger partial charge in [0.2, 0.25) is 5.16 Å². The number of pyridine rings is 1. The van der Waals surface area contributed by atoms with Crippen LogP contribution in [0.1, 0.15) is 18.7 Å². The molecule has 0 saturated heterocycles. The molecule has 0 fully saturated rings. The van der Waals surface area contributed by atoms with Crippen LogP contribution in [0, 0.1) is 0 Å². The summed E-state index contributed by atoms with van der Waals surface area (Å²) in [5.74, 6) is 0. The number of hydrogen-bond donors (Lipinski definition) is 1. The van der Waals surface area contributed by atoms with Gasteiger partial charge in [0.05, 0.1) is 17.5 Å². The lowest BCUT2D eigenvalue weighted by Gasteiger charge is -2.05. The second-order valence-corrected chi connectivity index (χ2v) is 5.45. The standard InChI is InChI=1S/C14H13N5OS/c1-10(20)13-8-7-12(9-15-13)21-14-16-17-18-19(14)11-5-3-2-4-6-11/h2-10,20H,1H3. The van der Waals surface area contributed by atoms with Crippen molar-refractivity contribution in [1.82, 2.24) is 25.2 Å². The van der Waals surface area contributed by atoms with E-state index < -0.39 is 6.10 Å². The second kappa shape index (κ2) is 6.02. The van der Waals surface area contributed by atoms with Gasteiger partial charge in [0, 0.05) is 11.1 Å². The van der Waals surface area contributed by atoms with Crippen molar-refractivity contribution in [2.24, 2.45) is 0 Å². The smallest absolute Gasteiger partial charge is 0.218 e. The van der Waals surface area contributed by atoms with Crippen molar-refractivity contribution in [3.8, 4) is 5.69 Å². The Morgan fingerprint density at radius 1 is 1.14 bits per heavy atom. The van der Waals surface area contributed by atoms with Crippen LogP contribution in [0.15, 0.2) is 58.7 Å². The fourth-order valence-corrected chi connectivity index (χ4v) is 2.54. The summed E-state index contributed by atoms with van der Waals surface area (Å²) < 4.78 is 1.67. The molecule has 3 aromatic rings. The van der Waals surface area contributed by atoms with E-state index in [-0.39, 0.29) is 0 Å². The minimum atomic E-state index is -0.571. The number of nitrogens with zero attached hydrogens (tertiary/aromatic N) is 5. The Balaban J connectivity index is 1.84. The Kier molecular flexibility index (Phi) is 3.94. The Bertz CT molecular complexity index is 712. The predicted molar refractivity (Wildman–Crippen MR) is 78.1 cm³/mol. The first-order valence-corrected chi connectivity index (χ1v) is 7.21. The third-order valence-electron chi connectivity index (χ3n) is 2.84. The molecular weight excluding hydrogens is 286 g/mol. The van der Waals surface area contributed by atoms with Crippen LogP contribution in [0.4, 0.5) is 0 Å². The zero-order chi connectivity index (χ0) is 14.7. The molecule has 0 saturated carbocycles. The molecule has 0 spiro atoms. The molecular formula is C14H13N5OS. The Morgan fingerprint density at radius 3 is 2.62 bits per heavy atom. The van der Waals surface area contributed by atoms with E-state index in [1.165, 1.54) is 11.8 Å². The van der Waals surface area contributed by atoms with E-state index in [9.17, 15) is 5.11 Å². The molecule has 0 aliphatic carbocycles. The summed E-state index contributed by atoms with van der Waals surface area (Å²) >= 11 is 1.42. The van der Waals surface area contributed by atoms with Gasteiger partial charge in [0.25, 0.3) is 0 Å². The van der Waals surface area contributed by atoms with E-state index in [0.29, 0.717) is 10.9 Å². The average Bonchev–Trinajstić information content (AvgIpc) is 2.97. The van der Waals surface area contributed by atoms with E-state index in [2.05, 4.69) is 20.5 Å². The normalized spacial score (nSPS) is 12.3. The van der Waals surface area contributed by atoms with E-state index >= 15 is 0 Å². The fourth-order valence-electron chi connectivity index (χ4n) is 1.78. The number of aliphatic hydroxyl groups excluding tert-OH is 1. The van der Waals surface area contributed by atoms with E-state index in [1.54, 1.807) is 23.9 Å². The van der Waals surface area contributed by atoms with Crippen molar-refractivity contribution in [3.63, 3.8) is 0 Å². The van der Waals surface area contributed by atoms with Gasteiger partial charge < -0.3 is 5.11 Å². The summed E-state index contributed by atoms with van der Waals surface area (Å²) in [4.78, 5) is 5.12. The highest BCUT2D eigenvalue weighted by atomic mass is 32.2. The lowest BCUT2D eigenvalue weighted by atomic mass is 10.2. The maximum absolute atomic E-state index is 9.46. The van der Waals surface area contributed by atoms with Crippen molar-refractivity contribution in [2.75, 3.05) is 0 Å². The Morgan fingerprint density at radius 2 is 1.95 bits per heavy atom. The Hall–Kier alpha value is -2.25. The molecule has 6 nitrogen and oxygen atoms in total. The van der Waals surface area contributed by atoms with Gasteiger partial charge in [-0.15, -0.1) is 5.10 Å². The van der Waals surface area contributed by atoms with Crippen LogP contribution < -0.4 is 0 Å². The third kappa shape index (κ3) is 3.09. The highest BCUT2D eigenvalue weighted by Gasteiger charge is 2.10. The Labute approximate surface area is 125 Å². The number of benzene rings is 1. The number of aromatic nitrogens is 5. The van der Waals surface area contributed by atoms with Crippen LogP contribution in [0.25, 0.3) is 5.69 Å². The van der Waals surface area contributed by atoms with Crippen molar-refractivity contribution in [2.45, 2.75) is 23.1 Å². The first kappa shape index (κ1) is 13.7. The average molecular weight is 299 g/mol. The van der Waals surface area contributed by atoms with Crippen molar-refractivity contribution >= 4 is 11.8 Å². The minimum absolute atomic E-state index is 0.571. The lowest BCUT2D eigenvalue weighted by Crippen LogP contribution is -1.98. The van der Waals surface area contributed by atoms with Crippen LogP contribution in [0.5, 0.6) is 0 Å². The molecule has 1 unspecified atom stereocenters. The fraction of sp³-hybridized carbons (Fsp3) is 0.143. The topological polar surface area (TPSA) is 76.7 Å². The summed E-state index contributed by atoms with van der Waals surface area (Å²) in [6.45, 7) is 1.69. The molecule has 0 aliphatic heterocycles. The number of hydrogen-bond acceptors (Lipinski definition) is 6. The molecule has 1 aromatic carbocycles. The predicted octanol–water partition coefficient (Wildman–Crippen LogP) is 2.26. The van der Waals surface area contributed by atoms with Crippen molar-refractivity contribution in [3.05, 3.63) is 54.4 Å². The van der Waals surface area contributed by atoms with Gasteiger partial charge in [-0.1, -0.05) is 18.2 Å². The van der Waals surface area contributed by atoms with Crippen LogP contribution >= 0.6 is 11.8 Å². The van der Waals surface area contributed by atoms with Crippen LogP contribution in [0.2, 0.25) is 0 Å². The van der Waals surface area contributed by atoms with E-state index in [1.807, 2.05) is 36.4 Å². The number of rotatable bonds is 4. The lowest BCUT2D eigenvalue weighted by molar-refractivity contribution is 0.194. The van der Waals surface area contributed by atoms with Crippen LogP contribution in [-0.4, -0.2) is 30.3 Å². The number of aliphatic hydroxyl groups is 1. The molecule has 0 bridgehead atoms. The molecule has 2 heterocycles. The summed E-state index contributed by atoms with van der Waals surface area (Å²) in [6.07, 6.45) is 1.13. The summed E-state index contributed by atoms with van der Waals surface area (Å²) in [5, 5.41) is 21.9. The number of para-hydroxylation sites is 1. The van der Waals surface area contributed by atoms with E-state index in [0.717, 1.165) is 10.6 Å². The van der Waals surface area contributed by atoms with Gasteiger partial charge in [0.15, 0.2) is 0 Å². The third-order valence-corrected chi connectivity index (χ3v) is 3.75. The first-order valence-electron chi connectivity index (χ1n) is 6.40. The molecule has 0 aliphatic rings. The van der Waals surface area contributed by atoms with Crippen LogP contribution in [-0.2, 0) is 0 Å². The van der Waals surface area contributed by atoms with Gasteiger partial charge >= 0.3 is 0 Å². The molecule has 1 N–H and O–H groups in total. The minimum Gasteiger partial charge on any atom is -0.387 e. The molecule has 1 atom stereocenters. The molecule has 0 amide bonds. The highest BCUT2D eigenvalue weighted by Crippen LogP contribution is 2.26. The zero-order valence-electron chi connectivity index (χ0n) is 11.3. The molecule has 3 rings (SSSR count). The molecule has 7 heteroatoms. The molecule has 0 radical (unpaired) electrons. The largest absolute Gasteiger partial charge is 0.387 e. The van der Waals surface area contributed by atoms with Gasteiger partial charge in [0.1, 0.15) is 0 Å². The monoisotopic (exact) mass is 299 g/mol. The number of tetrazole rings is 1.